The summed E-state index contributed by atoms with van der Waals surface area (Å²) in [6.45, 7) is 6.31. The first kappa shape index (κ1) is 14.4. The van der Waals surface area contributed by atoms with Crippen LogP contribution in [0, 0.1) is 0 Å². The Morgan fingerprint density at radius 1 is 1.14 bits per heavy atom. The molecule has 0 unspecified atom stereocenters. The lowest BCUT2D eigenvalue weighted by Gasteiger charge is -2.30. The molecular weight excluding hydrogens is 264 g/mol. The predicted molar refractivity (Wildman–Crippen MR) is 84.2 cm³/mol. The number of hydrazine groups is 1. The molecule has 0 bridgehead atoms. The highest BCUT2D eigenvalue weighted by molar-refractivity contribution is 5.81. The zero-order valence-electron chi connectivity index (χ0n) is 12.7. The molecule has 0 aliphatic carbocycles. The van der Waals surface area contributed by atoms with E-state index in [1.165, 1.54) is 11.3 Å². The van der Waals surface area contributed by atoms with Gasteiger partial charge in [0.15, 0.2) is 0 Å². The number of rotatable bonds is 4. The summed E-state index contributed by atoms with van der Waals surface area (Å²) in [5.41, 5.74) is 2.51. The SMILES string of the molecule is CN1C(=O)CCN1c1ccccc1CCN1CCNCC1. The number of carbonyl (C=O) groups is 1. The van der Waals surface area contributed by atoms with Gasteiger partial charge in [-0.3, -0.25) is 14.8 Å². The Balaban J connectivity index is 1.69. The molecule has 0 spiro atoms. The van der Waals surface area contributed by atoms with E-state index >= 15 is 0 Å². The predicted octanol–water partition coefficient (Wildman–Crippen LogP) is 0.718. The molecular formula is C16H24N4O. The maximum atomic E-state index is 11.7. The topological polar surface area (TPSA) is 38.8 Å². The van der Waals surface area contributed by atoms with Gasteiger partial charge in [-0.15, -0.1) is 0 Å². The monoisotopic (exact) mass is 288 g/mol. The van der Waals surface area contributed by atoms with Gasteiger partial charge in [-0.25, -0.2) is 0 Å². The van der Waals surface area contributed by atoms with E-state index in [0.717, 1.165) is 45.7 Å². The molecule has 5 heteroatoms. The van der Waals surface area contributed by atoms with Crippen molar-refractivity contribution in [1.29, 1.82) is 0 Å². The van der Waals surface area contributed by atoms with E-state index < -0.39 is 0 Å². The van der Waals surface area contributed by atoms with E-state index in [0.29, 0.717) is 6.42 Å². The number of piperazine rings is 1. The first-order chi connectivity index (χ1) is 10.3. The second-order valence-electron chi connectivity index (χ2n) is 5.76. The van der Waals surface area contributed by atoms with Crippen molar-refractivity contribution in [3.63, 3.8) is 0 Å². The lowest BCUT2D eigenvalue weighted by Crippen LogP contribution is -2.44. The number of para-hydroxylation sites is 1. The Kier molecular flexibility index (Phi) is 4.41. The number of nitrogens with one attached hydrogen (secondary N) is 1. The quantitative estimate of drug-likeness (QED) is 0.886. The van der Waals surface area contributed by atoms with Crippen LogP contribution in [0.25, 0.3) is 0 Å². The number of hydrogen-bond donors (Lipinski definition) is 1. The number of anilines is 1. The van der Waals surface area contributed by atoms with Crippen LogP contribution >= 0.6 is 0 Å². The van der Waals surface area contributed by atoms with Gasteiger partial charge in [0.2, 0.25) is 5.91 Å². The van der Waals surface area contributed by atoms with Crippen LogP contribution in [-0.4, -0.2) is 62.1 Å². The van der Waals surface area contributed by atoms with Crippen molar-refractivity contribution in [2.45, 2.75) is 12.8 Å². The van der Waals surface area contributed by atoms with E-state index in [9.17, 15) is 4.79 Å². The molecule has 2 aliphatic heterocycles. The first-order valence-electron chi connectivity index (χ1n) is 7.81. The van der Waals surface area contributed by atoms with Gasteiger partial charge < -0.3 is 10.2 Å². The minimum atomic E-state index is 0.201. The third-order valence-corrected chi connectivity index (χ3v) is 4.44. The third-order valence-electron chi connectivity index (χ3n) is 4.44. The standard InChI is InChI=1S/C16H24N4O/c1-18-16(21)7-11-20(18)15-5-3-2-4-14(15)6-10-19-12-8-17-9-13-19/h2-5,17H,6-13H2,1H3. The summed E-state index contributed by atoms with van der Waals surface area (Å²) in [6, 6.07) is 8.46. The number of hydrogen-bond acceptors (Lipinski definition) is 4. The molecule has 0 saturated carbocycles. The average Bonchev–Trinajstić information content (AvgIpc) is 2.86. The fraction of sp³-hybridized carbons (Fsp3) is 0.562. The van der Waals surface area contributed by atoms with Gasteiger partial charge in [-0.05, 0) is 18.1 Å². The van der Waals surface area contributed by atoms with Crippen molar-refractivity contribution < 1.29 is 4.79 Å². The summed E-state index contributed by atoms with van der Waals surface area (Å²) in [6.07, 6.45) is 1.65. The van der Waals surface area contributed by atoms with Crippen LogP contribution in [-0.2, 0) is 11.2 Å². The summed E-state index contributed by atoms with van der Waals surface area (Å²) >= 11 is 0. The Hall–Kier alpha value is -1.59. The van der Waals surface area contributed by atoms with E-state index in [-0.39, 0.29) is 5.91 Å². The Bertz CT molecular complexity index is 499. The Morgan fingerprint density at radius 3 is 2.62 bits per heavy atom. The minimum absolute atomic E-state index is 0.201. The van der Waals surface area contributed by atoms with Gasteiger partial charge in [0.1, 0.15) is 0 Å². The average molecular weight is 288 g/mol. The molecule has 1 N–H and O–H groups in total. The van der Waals surface area contributed by atoms with Crippen LogP contribution < -0.4 is 10.3 Å². The smallest absolute Gasteiger partial charge is 0.242 e. The summed E-state index contributed by atoms with van der Waals surface area (Å²) in [5, 5.41) is 7.25. The Labute approximate surface area is 126 Å². The van der Waals surface area contributed by atoms with Gasteiger partial charge in [0.25, 0.3) is 0 Å². The summed E-state index contributed by atoms with van der Waals surface area (Å²) in [4.78, 5) is 14.2. The van der Waals surface area contributed by atoms with Crippen molar-refractivity contribution in [1.82, 2.24) is 15.2 Å². The largest absolute Gasteiger partial charge is 0.314 e. The zero-order chi connectivity index (χ0) is 14.7. The van der Waals surface area contributed by atoms with Crippen molar-refractivity contribution in [3.8, 4) is 0 Å². The highest BCUT2D eigenvalue weighted by Gasteiger charge is 2.27. The molecule has 1 amide bonds. The van der Waals surface area contributed by atoms with E-state index in [4.69, 9.17) is 0 Å². The number of amides is 1. The molecule has 1 aromatic rings. The maximum absolute atomic E-state index is 11.7. The molecule has 2 fully saturated rings. The van der Waals surface area contributed by atoms with E-state index in [2.05, 4.69) is 39.5 Å². The van der Waals surface area contributed by atoms with E-state index in [1.807, 2.05) is 7.05 Å². The number of nitrogens with zero attached hydrogens (tertiary/aromatic N) is 3. The normalized spacial score (nSPS) is 20.3. The molecule has 0 aromatic heterocycles. The van der Waals surface area contributed by atoms with Gasteiger partial charge in [0.05, 0.1) is 5.69 Å². The molecule has 3 rings (SSSR count). The molecule has 1 aromatic carbocycles. The van der Waals surface area contributed by atoms with Crippen LogP contribution in [0.1, 0.15) is 12.0 Å². The van der Waals surface area contributed by atoms with Gasteiger partial charge in [-0.2, -0.15) is 0 Å². The van der Waals surface area contributed by atoms with Crippen molar-refractivity contribution in [2.75, 3.05) is 51.3 Å². The Morgan fingerprint density at radius 2 is 1.90 bits per heavy atom. The van der Waals surface area contributed by atoms with E-state index in [1.54, 1.807) is 5.01 Å². The maximum Gasteiger partial charge on any atom is 0.242 e. The lowest BCUT2D eigenvalue weighted by atomic mass is 10.1. The van der Waals surface area contributed by atoms with Gasteiger partial charge in [0, 0.05) is 52.7 Å². The summed E-state index contributed by atoms with van der Waals surface area (Å²) in [7, 11) is 1.86. The van der Waals surface area contributed by atoms with Crippen LogP contribution in [0.3, 0.4) is 0 Å². The minimum Gasteiger partial charge on any atom is -0.314 e. The molecule has 114 valence electrons. The fourth-order valence-electron chi connectivity index (χ4n) is 3.12. The second kappa shape index (κ2) is 6.45. The van der Waals surface area contributed by atoms with Crippen molar-refractivity contribution >= 4 is 11.6 Å². The zero-order valence-corrected chi connectivity index (χ0v) is 12.7. The van der Waals surface area contributed by atoms with Crippen molar-refractivity contribution in [2.24, 2.45) is 0 Å². The molecule has 5 nitrogen and oxygen atoms in total. The highest BCUT2D eigenvalue weighted by Crippen LogP contribution is 2.26. The number of benzene rings is 1. The molecule has 2 saturated heterocycles. The summed E-state index contributed by atoms with van der Waals surface area (Å²) < 4.78 is 0. The molecule has 0 radical (unpaired) electrons. The van der Waals surface area contributed by atoms with Gasteiger partial charge in [-0.1, -0.05) is 18.2 Å². The highest BCUT2D eigenvalue weighted by atomic mass is 16.2. The summed E-state index contributed by atoms with van der Waals surface area (Å²) in [5.74, 6) is 0.201. The van der Waals surface area contributed by atoms with Crippen LogP contribution in [0.5, 0.6) is 0 Å². The van der Waals surface area contributed by atoms with Crippen LogP contribution in [0.2, 0.25) is 0 Å². The molecule has 0 atom stereocenters. The third kappa shape index (κ3) is 3.19. The first-order valence-corrected chi connectivity index (χ1v) is 7.81. The number of carbonyl (C=O) groups excluding carboxylic acids is 1. The molecule has 2 heterocycles. The fourth-order valence-corrected chi connectivity index (χ4v) is 3.12. The van der Waals surface area contributed by atoms with Crippen LogP contribution in [0.4, 0.5) is 5.69 Å². The lowest BCUT2D eigenvalue weighted by molar-refractivity contribution is -0.126. The second-order valence-corrected chi connectivity index (χ2v) is 5.76. The molecule has 21 heavy (non-hydrogen) atoms. The van der Waals surface area contributed by atoms with Gasteiger partial charge >= 0.3 is 0 Å². The van der Waals surface area contributed by atoms with Crippen LogP contribution in [0.15, 0.2) is 24.3 Å². The molecule has 2 aliphatic rings. The van der Waals surface area contributed by atoms with Crippen molar-refractivity contribution in [3.05, 3.63) is 29.8 Å².